The van der Waals surface area contributed by atoms with Gasteiger partial charge in [-0.1, -0.05) is 0 Å². The fourth-order valence-corrected chi connectivity index (χ4v) is 9.87. The van der Waals surface area contributed by atoms with Crippen LogP contribution in [0.4, 0.5) is 0 Å². The van der Waals surface area contributed by atoms with E-state index in [0.29, 0.717) is 4.90 Å². The van der Waals surface area contributed by atoms with Gasteiger partial charge in [0.05, 0.1) is 18.2 Å². The quantitative estimate of drug-likeness (QED) is 0.243. The molecule has 0 spiro atoms. The van der Waals surface area contributed by atoms with E-state index < -0.39 is 35.9 Å². The molecule has 0 aliphatic rings. The number of sulfonamides is 2. The molecule has 0 atom stereocenters. The third kappa shape index (κ3) is 14.9. The average molecular weight is 634 g/mol. The van der Waals surface area contributed by atoms with Crippen molar-refractivity contribution in [2.45, 2.75) is 32.6 Å². The summed E-state index contributed by atoms with van der Waals surface area (Å²) in [4.78, 5) is 0.449. The van der Waals surface area contributed by atoms with E-state index in [9.17, 15) is 16.8 Å². The summed E-state index contributed by atoms with van der Waals surface area (Å²) in [5.41, 5.74) is 4.48. The van der Waals surface area contributed by atoms with E-state index in [2.05, 4.69) is 29.7 Å². The normalized spacial score (nSPS) is 10.1. The van der Waals surface area contributed by atoms with Crippen LogP contribution in [0.15, 0.2) is 4.90 Å². The van der Waals surface area contributed by atoms with Gasteiger partial charge in [-0.05, 0) is 49.9 Å². The monoisotopic (exact) mass is 632 g/mol. The first-order valence-electron chi connectivity index (χ1n) is 8.52. The summed E-state index contributed by atoms with van der Waals surface area (Å²) in [5, 5.41) is 1.01. The molecule has 0 amide bonds. The molecule has 0 bridgehead atoms. The van der Waals surface area contributed by atoms with Gasteiger partial charge in [0.1, 0.15) is 30.8 Å². The van der Waals surface area contributed by atoms with Crippen LogP contribution in [0.5, 0.6) is 0 Å². The maximum Gasteiger partial charge on any atom is 3.00 e. The maximum atomic E-state index is 12.2. The summed E-state index contributed by atoms with van der Waals surface area (Å²) in [6.45, 7) is 16.1. The molecule has 0 N–H and O–H groups in total. The summed E-state index contributed by atoms with van der Waals surface area (Å²) >= 11 is 0. The molecule has 12 heteroatoms. The standard InChI is InChI=1S/C13H21NO2PS.C4H11NO2PS.4CH3.2Ni/c1-8-9(2)11(4)13(18(15,16)14-5)12(10(8)3)17(6)7;1-5-9(6,7)4-8(2)3;;;;;;/h1-7H3;4H2,1-3H3;4*1H3;;/q6*-1;2*+3/p+2. The molecule has 33 heavy (non-hydrogen) atoms. The minimum Gasteiger partial charge on any atom is -0.549 e. The second kappa shape index (κ2) is 21.0. The molecular weight excluding hydrogens is 588 g/mol. The van der Waals surface area contributed by atoms with Crippen LogP contribution in [0.3, 0.4) is 0 Å². The summed E-state index contributed by atoms with van der Waals surface area (Å²) in [6, 6.07) is 0. The molecule has 1 aromatic carbocycles. The Morgan fingerprint density at radius 3 is 1.27 bits per heavy atom. The van der Waals surface area contributed by atoms with E-state index in [1.165, 1.54) is 19.7 Å². The molecule has 0 aromatic heterocycles. The Morgan fingerprint density at radius 2 is 1.03 bits per heavy atom. The van der Waals surface area contributed by atoms with Crippen molar-refractivity contribution in [2.75, 3.05) is 46.2 Å². The van der Waals surface area contributed by atoms with E-state index in [4.69, 9.17) is 0 Å². The Balaban J connectivity index is -0.0000000797. The van der Waals surface area contributed by atoms with Crippen LogP contribution in [0.25, 0.3) is 9.44 Å². The van der Waals surface area contributed by atoms with Crippen LogP contribution in [0, 0.1) is 57.4 Å². The Bertz CT molecular complexity index is 879. The molecule has 0 unspecified atom stereocenters. The number of hydrogen-bond donors (Lipinski definition) is 0. The summed E-state index contributed by atoms with van der Waals surface area (Å²) in [6.07, 6.45) is 0. The van der Waals surface area contributed by atoms with Gasteiger partial charge in [0.25, 0.3) is 0 Å². The first kappa shape index (κ1) is 50.7. The minimum absolute atomic E-state index is 0. The van der Waals surface area contributed by atoms with Gasteiger partial charge in [0, 0.05) is 29.2 Å². The van der Waals surface area contributed by atoms with Gasteiger partial charge >= 0.3 is 33.0 Å². The van der Waals surface area contributed by atoms with Crippen LogP contribution < -0.4 is 5.30 Å². The summed E-state index contributed by atoms with van der Waals surface area (Å²) in [5.74, 6) is 0. The molecule has 0 heterocycles. The molecule has 204 valence electrons. The van der Waals surface area contributed by atoms with Crippen LogP contribution >= 0.6 is 15.8 Å². The third-order valence-electron chi connectivity index (χ3n) is 4.38. The Labute approximate surface area is 230 Å². The van der Waals surface area contributed by atoms with Crippen LogP contribution in [0.2, 0.25) is 0 Å². The number of nitrogens with zero attached hydrogens (tertiary/aromatic N) is 2. The molecule has 1 aromatic rings. The first-order chi connectivity index (χ1) is 12.1. The molecule has 0 aliphatic carbocycles. The van der Waals surface area contributed by atoms with E-state index in [1.54, 1.807) is 0 Å². The van der Waals surface area contributed by atoms with Crippen molar-refractivity contribution in [1.29, 1.82) is 0 Å². The fourth-order valence-electron chi connectivity index (χ4n) is 2.72. The largest absolute Gasteiger partial charge is 3.00 e. The van der Waals surface area contributed by atoms with Crippen molar-refractivity contribution in [3.05, 3.63) is 61.4 Å². The van der Waals surface area contributed by atoms with E-state index >= 15 is 0 Å². The van der Waals surface area contributed by atoms with Gasteiger partial charge in [-0.2, -0.15) is 14.1 Å². The molecule has 0 aliphatic heterocycles. The van der Waals surface area contributed by atoms with E-state index in [0.717, 1.165) is 22.0 Å². The van der Waals surface area contributed by atoms with Crippen molar-refractivity contribution < 1.29 is 49.8 Å². The molecule has 0 saturated heterocycles. The average Bonchev–Trinajstić information content (AvgIpc) is 2.54. The molecule has 0 saturated carbocycles. The Hall–Kier alpha value is 0.887. The number of hydrogen-bond acceptors (Lipinski definition) is 4. The third-order valence-corrected chi connectivity index (χ3v) is 12.0. The summed E-state index contributed by atoms with van der Waals surface area (Å²) < 4.78 is 52.6. The second-order valence-corrected chi connectivity index (χ2v) is 16.3. The van der Waals surface area contributed by atoms with Crippen LogP contribution in [-0.2, 0) is 53.0 Å². The maximum absolute atomic E-state index is 12.2. The van der Waals surface area contributed by atoms with Gasteiger partial charge < -0.3 is 39.2 Å². The zero-order chi connectivity index (χ0) is 21.7. The predicted molar refractivity (Wildman–Crippen MR) is 151 cm³/mol. The second-order valence-electron chi connectivity index (χ2n) is 6.98. The molecule has 0 fully saturated rings. The SMILES string of the molecule is C[N-]S(=O)(=O)C[PH+](C)C.C[N-]S(=O)(=O)c1c(C)c(C)c(C)c(C)c1[PH+](C)C.[CH3-].[CH3-].[CH3-].[CH3-].[Ni+3].[Ni+3]. The van der Waals surface area contributed by atoms with Crippen molar-refractivity contribution in [3.63, 3.8) is 0 Å². The van der Waals surface area contributed by atoms with Gasteiger partial charge in [-0.25, -0.2) is 16.8 Å². The first-order valence-corrected chi connectivity index (χ1v) is 16.8. The smallest absolute Gasteiger partial charge is 0.549 e. The van der Waals surface area contributed by atoms with Crippen molar-refractivity contribution >= 4 is 41.2 Å². The van der Waals surface area contributed by atoms with E-state index in [-0.39, 0.29) is 68.2 Å². The van der Waals surface area contributed by atoms with E-state index in [1.807, 2.05) is 34.1 Å². The fraction of sp³-hybridized carbons (Fsp3) is 0.524. The topological polar surface area (TPSA) is 96.5 Å². The minimum atomic E-state index is -3.52. The Morgan fingerprint density at radius 1 is 0.667 bits per heavy atom. The zero-order valence-corrected chi connectivity index (χ0v) is 28.3. The zero-order valence-electron chi connectivity index (χ0n) is 22.7. The van der Waals surface area contributed by atoms with Gasteiger partial charge in [-0.15, -0.1) is 0 Å². The molecule has 6 nitrogen and oxygen atoms in total. The number of benzene rings is 1. The van der Waals surface area contributed by atoms with Gasteiger partial charge in [-0.3, -0.25) is 0 Å². The van der Waals surface area contributed by atoms with Crippen LogP contribution in [0.1, 0.15) is 22.3 Å². The molecular formula is C21H46N2Ni2O4P2S2+2. The predicted octanol–water partition coefficient (Wildman–Crippen LogP) is 5.26. The van der Waals surface area contributed by atoms with Crippen molar-refractivity contribution in [2.24, 2.45) is 0 Å². The van der Waals surface area contributed by atoms with Gasteiger partial charge in [0.2, 0.25) is 0 Å². The van der Waals surface area contributed by atoms with Crippen molar-refractivity contribution in [1.82, 2.24) is 0 Å². The molecule has 2 radical (unpaired) electrons. The Kier molecular flexibility index (Phi) is 32.3. The van der Waals surface area contributed by atoms with Crippen LogP contribution in [-0.4, -0.2) is 63.1 Å². The molecule has 1 rings (SSSR count). The van der Waals surface area contributed by atoms with Crippen molar-refractivity contribution in [3.8, 4) is 0 Å². The summed E-state index contributed by atoms with van der Waals surface area (Å²) in [7, 11) is -5.45. The van der Waals surface area contributed by atoms with Gasteiger partial charge in [0.15, 0.2) is 0 Å². The number of rotatable bonds is 6.